The molecule has 0 aromatic heterocycles. The second-order valence-electron chi connectivity index (χ2n) is 3.88. The third-order valence-electron chi connectivity index (χ3n) is 2.81. The summed E-state index contributed by atoms with van der Waals surface area (Å²) in [6.07, 6.45) is 2.37. The van der Waals surface area contributed by atoms with Crippen molar-refractivity contribution in [2.45, 2.75) is 12.8 Å². The lowest BCUT2D eigenvalue weighted by Gasteiger charge is -2.11. The fraction of sp³-hybridized carbons (Fsp3) is 0.455. The zero-order valence-electron chi connectivity index (χ0n) is 8.09. The van der Waals surface area contributed by atoms with Crippen molar-refractivity contribution in [2.24, 2.45) is 5.92 Å². The van der Waals surface area contributed by atoms with Crippen molar-refractivity contribution in [3.05, 3.63) is 28.2 Å². The van der Waals surface area contributed by atoms with Crippen LogP contribution in [0, 0.1) is 5.92 Å². The van der Waals surface area contributed by atoms with Crippen molar-refractivity contribution in [2.75, 3.05) is 18.8 Å². The van der Waals surface area contributed by atoms with E-state index >= 15 is 0 Å². The third kappa shape index (κ3) is 2.10. The zero-order valence-corrected chi connectivity index (χ0v) is 9.68. The highest BCUT2D eigenvalue weighted by Gasteiger charge is 2.16. The summed E-state index contributed by atoms with van der Waals surface area (Å²) in [5.74, 6) is 0.756. The fourth-order valence-corrected chi connectivity index (χ4v) is 2.37. The summed E-state index contributed by atoms with van der Waals surface area (Å²) in [4.78, 5) is 0. The maximum atomic E-state index is 5.99. The number of nitrogens with two attached hydrogens (primary N) is 1. The molecule has 0 spiro atoms. The van der Waals surface area contributed by atoms with Gasteiger partial charge in [0.05, 0.1) is 0 Å². The number of rotatable bonds is 2. The maximum Gasteiger partial charge on any atom is 0.0491 e. The van der Waals surface area contributed by atoms with E-state index in [2.05, 4.69) is 33.4 Å². The van der Waals surface area contributed by atoms with Crippen LogP contribution in [0.15, 0.2) is 22.7 Å². The molecule has 1 unspecified atom stereocenters. The minimum absolute atomic E-state index is 0.756. The first kappa shape index (κ1) is 9.99. The smallest absolute Gasteiger partial charge is 0.0491 e. The number of hydrogen-bond donors (Lipinski definition) is 2. The largest absolute Gasteiger partial charge is 0.398 e. The number of para-hydroxylation sites is 1. The quantitative estimate of drug-likeness (QED) is 0.795. The first-order valence-electron chi connectivity index (χ1n) is 5.01. The second kappa shape index (κ2) is 4.32. The van der Waals surface area contributed by atoms with Gasteiger partial charge in [0.15, 0.2) is 0 Å². The number of nitrogen functional groups attached to an aromatic ring is 1. The van der Waals surface area contributed by atoms with Crippen molar-refractivity contribution in [1.29, 1.82) is 0 Å². The molecule has 0 bridgehead atoms. The minimum atomic E-state index is 0.756. The summed E-state index contributed by atoms with van der Waals surface area (Å²) >= 11 is 3.45. The summed E-state index contributed by atoms with van der Waals surface area (Å²) in [6, 6.07) is 6.17. The predicted octanol–water partition coefficient (Wildman–Crippen LogP) is 2.18. The van der Waals surface area contributed by atoms with Gasteiger partial charge in [-0.2, -0.15) is 0 Å². The number of hydrogen-bond acceptors (Lipinski definition) is 2. The van der Waals surface area contributed by atoms with Crippen molar-refractivity contribution in [3.63, 3.8) is 0 Å². The molecule has 0 saturated carbocycles. The van der Waals surface area contributed by atoms with E-state index < -0.39 is 0 Å². The normalized spacial score (nSPS) is 21.4. The minimum Gasteiger partial charge on any atom is -0.398 e. The molecule has 2 nitrogen and oxygen atoms in total. The van der Waals surface area contributed by atoms with E-state index in [0.29, 0.717) is 0 Å². The van der Waals surface area contributed by atoms with Crippen LogP contribution in [0.3, 0.4) is 0 Å². The molecule has 1 heterocycles. The Kier molecular flexibility index (Phi) is 3.08. The van der Waals surface area contributed by atoms with Gasteiger partial charge in [-0.15, -0.1) is 0 Å². The van der Waals surface area contributed by atoms with Crippen molar-refractivity contribution in [1.82, 2.24) is 5.32 Å². The van der Waals surface area contributed by atoms with Gasteiger partial charge in [0.2, 0.25) is 0 Å². The fourth-order valence-electron chi connectivity index (χ4n) is 1.96. The van der Waals surface area contributed by atoms with Crippen LogP contribution in [0.25, 0.3) is 0 Å². The number of nitrogens with one attached hydrogen (secondary N) is 1. The molecule has 0 aliphatic carbocycles. The molecule has 76 valence electrons. The van der Waals surface area contributed by atoms with E-state index in [1.807, 2.05) is 6.07 Å². The number of halogens is 1. The summed E-state index contributed by atoms with van der Waals surface area (Å²) in [5.41, 5.74) is 8.17. The molecule has 3 N–H and O–H groups in total. The maximum absolute atomic E-state index is 5.99. The molecular formula is C11H15BrN2. The number of benzene rings is 1. The van der Waals surface area contributed by atoms with Gasteiger partial charge in [-0.3, -0.25) is 0 Å². The Bertz CT molecular complexity index is 319. The Hall–Kier alpha value is -0.540. The van der Waals surface area contributed by atoms with Crippen LogP contribution in [0.4, 0.5) is 5.69 Å². The highest BCUT2D eigenvalue weighted by atomic mass is 79.9. The lowest BCUT2D eigenvalue weighted by atomic mass is 9.98. The van der Waals surface area contributed by atoms with Crippen molar-refractivity contribution in [3.8, 4) is 0 Å². The van der Waals surface area contributed by atoms with Gasteiger partial charge in [-0.25, -0.2) is 0 Å². The number of anilines is 1. The molecule has 1 aliphatic rings. The topological polar surface area (TPSA) is 38.0 Å². The van der Waals surface area contributed by atoms with Crippen LogP contribution in [-0.2, 0) is 6.42 Å². The zero-order chi connectivity index (χ0) is 9.97. The first-order valence-corrected chi connectivity index (χ1v) is 5.80. The molecule has 1 saturated heterocycles. The molecular weight excluding hydrogens is 240 g/mol. The summed E-state index contributed by atoms with van der Waals surface area (Å²) in [6.45, 7) is 2.28. The molecule has 0 radical (unpaired) electrons. The van der Waals surface area contributed by atoms with Crippen LogP contribution in [0.1, 0.15) is 12.0 Å². The Morgan fingerprint density at radius 2 is 2.36 bits per heavy atom. The average Bonchev–Trinajstić information content (AvgIpc) is 2.66. The van der Waals surface area contributed by atoms with E-state index in [4.69, 9.17) is 5.73 Å². The van der Waals surface area contributed by atoms with E-state index in [0.717, 1.165) is 35.6 Å². The average molecular weight is 255 g/mol. The molecule has 14 heavy (non-hydrogen) atoms. The molecule has 1 fully saturated rings. The lowest BCUT2D eigenvalue weighted by molar-refractivity contribution is 0.581. The van der Waals surface area contributed by atoms with Gasteiger partial charge in [0.1, 0.15) is 0 Å². The highest BCUT2D eigenvalue weighted by molar-refractivity contribution is 9.10. The molecule has 3 heteroatoms. The first-order chi connectivity index (χ1) is 6.77. The van der Waals surface area contributed by atoms with Crippen molar-refractivity contribution < 1.29 is 0 Å². The van der Waals surface area contributed by atoms with E-state index in [9.17, 15) is 0 Å². The molecule has 2 rings (SSSR count). The van der Waals surface area contributed by atoms with Gasteiger partial charge in [-0.1, -0.05) is 12.1 Å². The predicted molar refractivity (Wildman–Crippen MR) is 63.2 cm³/mol. The monoisotopic (exact) mass is 254 g/mol. The lowest BCUT2D eigenvalue weighted by Crippen LogP contribution is -2.11. The Morgan fingerprint density at radius 3 is 3.07 bits per heavy atom. The standard InChI is InChI=1S/C11H15BrN2/c12-10-3-1-2-9(11(10)13)6-8-4-5-14-7-8/h1-3,8,14H,4-7,13H2. The van der Waals surface area contributed by atoms with Crippen molar-refractivity contribution >= 4 is 21.6 Å². The Morgan fingerprint density at radius 1 is 1.50 bits per heavy atom. The van der Waals surface area contributed by atoms with Gasteiger partial charge < -0.3 is 11.1 Å². The van der Waals surface area contributed by atoms with Crippen LogP contribution in [0.2, 0.25) is 0 Å². The van der Waals surface area contributed by atoms with Gasteiger partial charge in [0.25, 0.3) is 0 Å². The van der Waals surface area contributed by atoms with Crippen LogP contribution in [-0.4, -0.2) is 13.1 Å². The SMILES string of the molecule is Nc1c(Br)cccc1CC1CCNC1. The van der Waals surface area contributed by atoms with Crippen LogP contribution < -0.4 is 11.1 Å². The van der Waals surface area contributed by atoms with E-state index in [1.165, 1.54) is 12.0 Å². The van der Waals surface area contributed by atoms with E-state index in [1.54, 1.807) is 0 Å². The molecule has 1 aliphatic heterocycles. The second-order valence-corrected chi connectivity index (χ2v) is 4.73. The van der Waals surface area contributed by atoms with Gasteiger partial charge in [0, 0.05) is 10.2 Å². The summed E-state index contributed by atoms with van der Waals surface area (Å²) in [5, 5.41) is 3.37. The highest BCUT2D eigenvalue weighted by Crippen LogP contribution is 2.26. The summed E-state index contributed by atoms with van der Waals surface area (Å²) in [7, 11) is 0. The van der Waals surface area contributed by atoms with E-state index in [-0.39, 0.29) is 0 Å². The van der Waals surface area contributed by atoms with Gasteiger partial charge >= 0.3 is 0 Å². The molecule has 1 aromatic rings. The Labute approximate surface area is 93.0 Å². The summed E-state index contributed by atoms with van der Waals surface area (Å²) < 4.78 is 1.01. The Balaban J connectivity index is 2.11. The van der Waals surface area contributed by atoms with Gasteiger partial charge in [-0.05, 0) is 59.4 Å². The molecule has 1 atom stereocenters. The van der Waals surface area contributed by atoms with Crippen LogP contribution in [0.5, 0.6) is 0 Å². The molecule has 0 amide bonds. The molecule has 1 aromatic carbocycles. The van der Waals surface area contributed by atoms with Crippen LogP contribution >= 0.6 is 15.9 Å². The third-order valence-corrected chi connectivity index (χ3v) is 3.51.